The highest BCUT2D eigenvalue weighted by Gasteiger charge is 2.29. The van der Waals surface area contributed by atoms with Gasteiger partial charge < -0.3 is 25.5 Å². The van der Waals surface area contributed by atoms with Gasteiger partial charge in [0, 0.05) is 25.3 Å². The molecule has 1 amide bonds. The van der Waals surface area contributed by atoms with Crippen LogP contribution in [0.1, 0.15) is 30.5 Å². The van der Waals surface area contributed by atoms with Crippen molar-refractivity contribution in [3.8, 4) is 6.01 Å². The van der Waals surface area contributed by atoms with Crippen LogP contribution < -0.4 is 26.2 Å². The van der Waals surface area contributed by atoms with E-state index in [4.69, 9.17) is 9.57 Å². The lowest BCUT2D eigenvalue weighted by Crippen LogP contribution is -2.40. The minimum atomic E-state index is -4.55. The summed E-state index contributed by atoms with van der Waals surface area (Å²) in [6.45, 7) is 3.29. The zero-order chi connectivity index (χ0) is 27.2. The molecular formula is C25H28F3N7O3. The average Bonchev–Trinajstić information content (AvgIpc) is 2.88. The first-order valence-electron chi connectivity index (χ1n) is 11.8. The molecule has 0 radical (unpaired) electrons. The van der Waals surface area contributed by atoms with Gasteiger partial charge in [-0.3, -0.25) is 4.79 Å². The summed E-state index contributed by atoms with van der Waals surface area (Å²) in [7, 11) is 0. The topological polar surface area (TPSA) is 122 Å². The molecule has 2 aromatic carbocycles. The van der Waals surface area contributed by atoms with Crippen molar-refractivity contribution < 1.29 is 27.5 Å². The molecule has 202 valence electrons. The van der Waals surface area contributed by atoms with E-state index in [1.54, 1.807) is 38.1 Å². The van der Waals surface area contributed by atoms with E-state index in [0.29, 0.717) is 25.3 Å². The van der Waals surface area contributed by atoms with Crippen molar-refractivity contribution in [3.05, 3.63) is 65.2 Å². The highest BCUT2D eigenvalue weighted by atomic mass is 19.4. The summed E-state index contributed by atoms with van der Waals surface area (Å²) >= 11 is 0. The van der Waals surface area contributed by atoms with Crippen LogP contribution in [0.3, 0.4) is 0 Å². The zero-order valence-electron chi connectivity index (χ0n) is 20.9. The summed E-state index contributed by atoms with van der Waals surface area (Å²) in [6.07, 6.45) is -4.55. The Kier molecular flexibility index (Phi) is 8.27. The Morgan fingerprint density at radius 1 is 0.868 bits per heavy atom. The molecule has 0 atom stereocenters. The standard InChI is InChI=1S/C25H28F3N7O3/c1-24(2)14-38-31-13-18-5-3-16(4-6-18)12-30-21-33-22(35-23(34-21)37-15-25(26,27)28)32-19-9-7-17(8-10-19)11-29-20(24)36/h3-10,31H,11-15H2,1-2H3,(H,29,36)(H2,30,32,33,34,35). The van der Waals surface area contributed by atoms with Gasteiger partial charge in [-0.1, -0.05) is 36.4 Å². The predicted molar refractivity (Wildman–Crippen MR) is 133 cm³/mol. The third-order valence-electron chi connectivity index (χ3n) is 5.54. The lowest BCUT2D eigenvalue weighted by atomic mass is 9.93. The van der Waals surface area contributed by atoms with Gasteiger partial charge in [0.25, 0.3) is 0 Å². The molecule has 4 N–H and O–H groups in total. The number of halogens is 3. The number of alkyl halides is 3. The molecule has 0 fully saturated rings. The van der Waals surface area contributed by atoms with E-state index in [0.717, 1.165) is 16.7 Å². The molecule has 1 aromatic heterocycles. The summed E-state index contributed by atoms with van der Waals surface area (Å²) in [5.41, 5.74) is 5.39. The summed E-state index contributed by atoms with van der Waals surface area (Å²) < 4.78 is 42.9. The largest absolute Gasteiger partial charge is 0.454 e. The van der Waals surface area contributed by atoms with Gasteiger partial charge >= 0.3 is 12.2 Å². The molecule has 0 aliphatic carbocycles. The summed E-state index contributed by atoms with van der Waals surface area (Å²) in [4.78, 5) is 30.4. The first-order valence-corrected chi connectivity index (χ1v) is 11.8. The van der Waals surface area contributed by atoms with Crippen LogP contribution in [0.2, 0.25) is 0 Å². The Morgan fingerprint density at radius 2 is 1.45 bits per heavy atom. The number of benzene rings is 2. The number of anilines is 3. The Bertz CT molecular complexity index is 1240. The summed E-state index contributed by atoms with van der Waals surface area (Å²) in [5.74, 6) is -0.112. The van der Waals surface area contributed by atoms with Gasteiger partial charge in [0.2, 0.25) is 17.8 Å². The lowest BCUT2D eigenvalue weighted by Gasteiger charge is -2.23. The maximum Gasteiger partial charge on any atom is 0.422 e. The molecule has 0 saturated heterocycles. The number of nitrogens with one attached hydrogen (secondary N) is 4. The molecule has 4 aliphatic rings. The molecule has 7 rings (SSSR count). The molecule has 10 nitrogen and oxygen atoms in total. The van der Waals surface area contributed by atoms with Gasteiger partial charge in [-0.15, -0.1) is 0 Å². The maximum absolute atomic E-state index is 12.7. The van der Waals surface area contributed by atoms with Crippen molar-refractivity contribution in [2.45, 2.75) is 39.7 Å². The smallest absolute Gasteiger partial charge is 0.422 e. The van der Waals surface area contributed by atoms with Gasteiger partial charge in [0.05, 0.1) is 12.0 Å². The fourth-order valence-electron chi connectivity index (χ4n) is 3.35. The van der Waals surface area contributed by atoms with Crippen molar-refractivity contribution in [3.63, 3.8) is 0 Å². The van der Waals surface area contributed by atoms with E-state index >= 15 is 0 Å². The van der Waals surface area contributed by atoms with Crippen molar-refractivity contribution in [2.24, 2.45) is 5.41 Å². The Morgan fingerprint density at radius 3 is 2.11 bits per heavy atom. The Hall–Kier alpha value is -3.97. The number of hydrogen-bond donors (Lipinski definition) is 4. The van der Waals surface area contributed by atoms with Crippen molar-refractivity contribution in [1.82, 2.24) is 25.7 Å². The number of ether oxygens (including phenoxy) is 1. The maximum atomic E-state index is 12.7. The fourth-order valence-corrected chi connectivity index (χ4v) is 3.35. The SMILES string of the molecule is CC1(C)CONCc2ccc(cc2)CNc2nc(nc(OCC(F)(F)F)n2)Nc2ccc(cc2)CNC1=O. The predicted octanol–water partition coefficient (Wildman–Crippen LogP) is 3.85. The van der Waals surface area contributed by atoms with Gasteiger partial charge in [0.15, 0.2) is 6.61 Å². The van der Waals surface area contributed by atoms with E-state index in [2.05, 4.69) is 36.4 Å². The third kappa shape index (κ3) is 8.02. The zero-order valence-corrected chi connectivity index (χ0v) is 20.9. The van der Waals surface area contributed by atoms with Crippen LogP contribution in [0, 0.1) is 5.41 Å². The van der Waals surface area contributed by atoms with Gasteiger partial charge in [-0.25, -0.2) is 0 Å². The molecule has 38 heavy (non-hydrogen) atoms. The van der Waals surface area contributed by atoms with Crippen molar-refractivity contribution in [1.29, 1.82) is 0 Å². The second-order valence-electron chi connectivity index (χ2n) is 9.34. The van der Waals surface area contributed by atoms with Crippen LogP contribution in [0.5, 0.6) is 6.01 Å². The number of nitrogens with zero attached hydrogens (tertiary/aromatic N) is 3. The van der Waals surface area contributed by atoms with Gasteiger partial charge in [-0.2, -0.15) is 33.6 Å². The normalized spacial score (nSPS) is 16.4. The van der Waals surface area contributed by atoms with E-state index < -0.39 is 24.2 Å². The molecule has 4 aliphatic heterocycles. The number of carbonyl (C=O) groups is 1. The second kappa shape index (κ2) is 11.6. The van der Waals surface area contributed by atoms with Crippen LogP contribution in [-0.2, 0) is 29.3 Å². The summed E-state index contributed by atoms with van der Waals surface area (Å²) in [5, 5.41) is 8.86. The van der Waals surface area contributed by atoms with E-state index in [-0.39, 0.29) is 24.4 Å². The average molecular weight is 532 g/mol. The van der Waals surface area contributed by atoms with Crippen LogP contribution in [0.15, 0.2) is 48.5 Å². The number of hydrogen-bond acceptors (Lipinski definition) is 9. The molecule has 0 spiro atoms. The summed E-state index contributed by atoms with van der Waals surface area (Å²) in [6, 6.07) is 14.2. The number of aromatic nitrogens is 3. The number of amides is 1. The van der Waals surface area contributed by atoms with Gasteiger partial charge in [-0.05, 0) is 42.7 Å². The third-order valence-corrected chi connectivity index (χ3v) is 5.54. The van der Waals surface area contributed by atoms with Crippen molar-refractivity contribution >= 4 is 23.5 Å². The molecule has 6 bridgehead atoms. The van der Waals surface area contributed by atoms with E-state index in [1.807, 2.05) is 24.3 Å². The lowest BCUT2D eigenvalue weighted by molar-refractivity contribution is -0.154. The first kappa shape index (κ1) is 27.1. The molecule has 5 heterocycles. The fraction of sp³-hybridized carbons (Fsp3) is 0.360. The molecule has 13 heteroatoms. The van der Waals surface area contributed by atoms with Gasteiger partial charge in [0.1, 0.15) is 0 Å². The van der Waals surface area contributed by atoms with Crippen molar-refractivity contribution in [2.75, 3.05) is 23.8 Å². The number of hydroxylamine groups is 1. The molecule has 0 unspecified atom stereocenters. The Balaban J connectivity index is 1.58. The minimum absolute atomic E-state index is 0.00559. The highest BCUT2D eigenvalue weighted by molar-refractivity contribution is 5.81. The second-order valence-corrected chi connectivity index (χ2v) is 9.34. The molecule has 3 aromatic rings. The van der Waals surface area contributed by atoms with Crippen LogP contribution in [-0.4, -0.2) is 40.2 Å². The van der Waals surface area contributed by atoms with E-state index in [1.165, 1.54) is 0 Å². The first-order chi connectivity index (χ1) is 18.1. The van der Waals surface area contributed by atoms with Crippen LogP contribution in [0.4, 0.5) is 30.8 Å². The molecule has 0 saturated carbocycles. The number of carbonyl (C=O) groups excluding carboxylic acids is 1. The number of rotatable bonds is 2. The monoisotopic (exact) mass is 531 g/mol. The van der Waals surface area contributed by atoms with Crippen LogP contribution in [0.25, 0.3) is 0 Å². The van der Waals surface area contributed by atoms with E-state index in [9.17, 15) is 18.0 Å². The quantitative estimate of drug-likeness (QED) is 0.391. The highest BCUT2D eigenvalue weighted by Crippen LogP contribution is 2.21. The molecular weight excluding hydrogens is 503 g/mol. The Labute approximate surface area is 217 Å². The minimum Gasteiger partial charge on any atom is -0.454 e. The van der Waals surface area contributed by atoms with Crippen LogP contribution >= 0.6 is 0 Å².